The van der Waals surface area contributed by atoms with Crippen LogP contribution in [0.5, 0.6) is 0 Å². The van der Waals surface area contributed by atoms with Gasteiger partial charge < -0.3 is 10.6 Å². The van der Waals surface area contributed by atoms with Crippen LogP contribution in [0.2, 0.25) is 0 Å². The smallest absolute Gasteiger partial charge is 0.255 e. The third kappa shape index (κ3) is 2.84. The van der Waals surface area contributed by atoms with Crippen LogP contribution in [-0.2, 0) is 0 Å². The molecule has 2 saturated carbocycles. The summed E-state index contributed by atoms with van der Waals surface area (Å²) in [4.78, 5) is 12.9. The van der Waals surface area contributed by atoms with Crippen LogP contribution in [0.1, 0.15) is 52.7 Å². The second kappa shape index (κ2) is 7.02. The third-order valence-electron chi connectivity index (χ3n) is 7.54. The SMILES string of the molecule is O=C(Nc1ccccc1)c1ccc2c(c1)[C@H]1[C@H]3CC[C@H](C3)[C@H]1[C@H](c1ccccc1)N2. The summed E-state index contributed by atoms with van der Waals surface area (Å²) in [5.41, 5.74) is 5.52. The Kier molecular flexibility index (Phi) is 4.15. The molecule has 0 radical (unpaired) electrons. The van der Waals surface area contributed by atoms with E-state index in [9.17, 15) is 4.79 Å². The summed E-state index contributed by atoms with van der Waals surface area (Å²) in [7, 11) is 0. The number of hydrogen-bond donors (Lipinski definition) is 2. The zero-order valence-electron chi connectivity index (χ0n) is 16.9. The van der Waals surface area contributed by atoms with Crippen LogP contribution in [0.25, 0.3) is 0 Å². The van der Waals surface area contributed by atoms with Crippen molar-refractivity contribution in [3.05, 3.63) is 95.6 Å². The summed E-state index contributed by atoms with van der Waals surface area (Å²) in [6.45, 7) is 0. The minimum absolute atomic E-state index is 0.0334. The number of benzene rings is 3. The molecule has 2 fully saturated rings. The normalized spacial score (nSPS) is 28.3. The zero-order chi connectivity index (χ0) is 20.1. The van der Waals surface area contributed by atoms with Crippen LogP contribution in [0, 0.1) is 17.8 Å². The van der Waals surface area contributed by atoms with Crippen LogP contribution < -0.4 is 10.6 Å². The highest BCUT2D eigenvalue weighted by molar-refractivity contribution is 6.04. The highest BCUT2D eigenvalue weighted by atomic mass is 16.1. The van der Waals surface area contributed by atoms with Crippen molar-refractivity contribution in [1.29, 1.82) is 0 Å². The monoisotopic (exact) mass is 394 g/mol. The zero-order valence-corrected chi connectivity index (χ0v) is 16.9. The number of carbonyl (C=O) groups is 1. The van der Waals surface area contributed by atoms with Gasteiger partial charge in [-0.2, -0.15) is 0 Å². The van der Waals surface area contributed by atoms with E-state index in [4.69, 9.17) is 0 Å². The molecule has 3 nitrogen and oxygen atoms in total. The number of hydrogen-bond acceptors (Lipinski definition) is 2. The maximum atomic E-state index is 12.9. The first-order valence-corrected chi connectivity index (χ1v) is 11.1. The molecule has 1 aliphatic heterocycles. The summed E-state index contributed by atoms with van der Waals surface area (Å²) in [6.07, 6.45) is 4.01. The van der Waals surface area contributed by atoms with Gasteiger partial charge in [-0.1, -0.05) is 48.5 Å². The van der Waals surface area contributed by atoms with Gasteiger partial charge in [-0.05, 0) is 84.4 Å². The lowest BCUT2D eigenvalue weighted by molar-refractivity contribution is 0.102. The summed E-state index contributed by atoms with van der Waals surface area (Å²) in [6, 6.07) is 27.2. The molecule has 0 aromatic heterocycles. The van der Waals surface area contributed by atoms with E-state index >= 15 is 0 Å². The molecule has 2 N–H and O–H groups in total. The first kappa shape index (κ1) is 17.8. The van der Waals surface area contributed by atoms with E-state index in [0.717, 1.165) is 23.1 Å². The van der Waals surface area contributed by atoms with E-state index in [1.165, 1.54) is 36.1 Å². The highest BCUT2D eigenvalue weighted by Gasteiger charge is 2.53. The Bertz CT molecular complexity index is 1080. The number of para-hydroxylation sites is 1. The second-order valence-electron chi connectivity index (χ2n) is 9.09. The summed E-state index contributed by atoms with van der Waals surface area (Å²) < 4.78 is 0. The van der Waals surface area contributed by atoms with Gasteiger partial charge >= 0.3 is 0 Å². The number of fused-ring (bicyclic) bond motifs is 7. The van der Waals surface area contributed by atoms with Gasteiger partial charge in [-0.3, -0.25) is 4.79 Å². The second-order valence-corrected chi connectivity index (χ2v) is 9.09. The van der Waals surface area contributed by atoms with Crippen LogP contribution >= 0.6 is 0 Å². The first-order chi connectivity index (χ1) is 14.8. The molecule has 3 heteroatoms. The maximum Gasteiger partial charge on any atom is 0.255 e. The summed E-state index contributed by atoms with van der Waals surface area (Å²) >= 11 is 0. The molecule has 2 aliphatic carbocycles. The van der Waals surface area contributed by atoms with Crippen molar-refractivity contribution in [2.24, 2.45) is 17.8 Å². The quantitative estimate of drug-likeness (QED) is 0.552. The lowest BCUT2D eigenvalue weighted by Crippen LogP contribution is -2.35. The standard InChI is InChI=1S/C27H26N2O/c30-27(28-21-9-5-2-6-10-21)20-13-14-23-22(16-20)24-18-11-12-19(15-18)25(24)26(29-23)17-7-3-1-4-8-17/h1-10,13-14,16,18-19,24-26,29H,11-12,15H2,(H,28,30)/t18-,19+,24+,25+,26-/m0/s1. The average Bonchev–Trinajstić information content (AvgIpc) is 3.42. The number of amides is 1. The molecule has 5 atom stereocenters. The fourth-order valence-corrected chi connectivity index (χ4v) is 6.34. The molecular weight excluding hydrogens is 368 g/mol. The van der Waals surface area contributed by atoms with E-state index < -0.39 is 0 Å². The van der Waals surface area contributed by atoms with Crippen LogP contribution in [0.4, 0.5) is 11.4 Å². The molecule has 6 rings (SSSR count). The highest BCUT2D eigenvalue weighted by Crippen LogP contribution is 2.63. The predicted molar refractivity (Wildman–Crippen MR) is 121 cm³/mol. The minimum Gasteiger partial charge on any atom is -0.378 e. The van der Waals surface area contributed by atoms with Gasteiger partial charge in [-0.15, -0.1) is 0 Å². The first-order valence-electron chi connectivity index (χ1n) is 11.1. The molecule has 3 aromatic rings. The average molecular weight is 395 g/mol. The molecule has 30 heavy (non-hydrogen) atoms. The molecule has 3 aromatic carbocycles. The molecule has 0 saturated heterocycles. The van der Waals surface area contributed by atoms with Gasteiger partial charge in [0.25, 0.3) is 5.91 Å². The summed E-state index contributed by atoms with van der Waals surface area (Å²) in [5.74, 6) is 2.67. The summed E-state index contributed by atoms with van der Waals surface area (Å²) in [5, 5.41) is 6.89. The molecular formula is C27H26N2O. The topological polar surface area (TPSA) is 41.1 Å². The van der Waals surface area contributed by atoms with Crippen molar-refractivity contribution in [3.63, 3.8) is 0 Å². The fourth-order valence-electron chi connectivity index (χ4n) is 6.34. The van der Waals surface area contributed by atoms with Gasteiger partial charge in [0.2, 0.25) is 0 Å². The predicted octanol–water partition coefficient (Wildman–Crippen LogP) is 6.24. The molecule has 0 spiro atoms. The Morgan fingerprint density at radius 1 is 0.867 bits per heavy atom. The van der Waals surface area contributed by atoms with E-state index in [-0.39, 0.29) is 5.91 Å². The molecule has 1 amide bonds. The number of nitrogens with one attached hydrogen (secondary N) is 2. The van der Waals surface area contributed by atoms with Crippen LogP contribution in [-0.4, -0.2) is 5.91 Å². The Labute approximate surface area is 177 Å². The van der Waals surface area contributed by atoms with Crippen molar-refractivity contribution in [3.8, 4) is 0 Å². The molecule has 2 bridgehead atoms. The molecule has 0 unspecified atom stereocenters. The van der Waals surface area contributed by atoms with Crippen molar-refractivity contribution in [2.45, 2.75) is 31.2 Å². The van der Waals surface area contributed by atoms with Crippen molar-refractivity contribution in [2.75, 3.05) is 10.6 Å². The maximum absolute atomic E-state index is 12.9. The Hall–Kier alpha value is -3.07. The lowest BCUT2D eigenvalue weighted by Gasteiger charge is -2.43. The largest absolute Gasteiger partial charge is 0.378 e. The molecule has 150 valence electrons. The molecule has 3 aliphatic rings. The third-order valence-corrected chi connectivity index (χ3v) is 7.54. The minimum atomic E-state index is -0.0334. The number of carbonyl (C=O) groups excluding carboxylic acids is 1. The lowest BCUT2D eigenvalue weighted by atomic mass is 9.68. The Morgan fingerprint density at radius 2 is 1.60 bits per heavy atom. The van der Waals surface area contributed by atoms with Gasteiger partial charge in [0.15, 0.2) is 0 Å². The van der Waals surface area contributed by atoms with Gasteiger partial charge in [0, 0.05) is 16.9 Å². The van der Waals surface area contributed by atoms with Crippen molar-refractivity contribution < 1.29 is 4.79 Å². The van der Waals surface area contributed by atoms with E-state index in [1.807, 2.05) is 36.4 Å². The van der Waals surface area contributed by atoms with Gasteiger partial charge in [0.05, 0.1) is 6.04 Å². The van der Waals surface area contributed by atoms with E-state index in [2.05, 4.69) is 53.1 Å². The van der Waals surface area contributed by atoms with Crippen LogP contribution in [0.3, 0.4) is 0 Å². The molecule has 1 heterocycles. The Balaban J connectivity index is 1.36. The van der Waals surface area contributed by atoms with E-state index in [0.29, 0.717) is 17.9 Å². The van der Waals surface area contributed by atoms with Crippen molar-refractivity contribution in [1.82, 2.24) is 0 Å². The Morgan fingerprint density at radius 3 is 2.40 bits per heavy atom. The van der Waals surface area contributed by atoms with E-state index in [1.54, 1.807) is 0 Å². The van der Waals surface area contributed by atoms with Crippen LogP contribution in [0.15, 0.2) is 78.9 Å². The number of anilines is 2. The van der Waals surface area contributed by atoms with Crippen molar-refractivity contribution >= 4 is 17.3 Å². The van der Waals surface area contributed by atoms with Gasteiger partial charge in [0.1, 0.15) is 0 Å². The van der Waals surface area contributed by atoms with Gasteiger partial charge in [-0.25, -0.2) is 0 Å². The number of rotatable bonds is 3. The fraction of sp³-hybridized carbons (Fsp3) is 0.296.